The summed E-state index contributed by atoms with van der Waals surface area (Å²) in [5, 5.41) is 5.57. The largest absolute Gasteiger partial charge is 0.465 e. The standard InChI is InChI=1S/C27H33N3O3/c1-19(2)29-27(32)23-4-3-5-24(17-23)30-26(31)14-15-33-25-12-10-21(11-13-25)16-20-6-8-22(18-28)9-7-20/h3-6,10-15,17,19,22H,7-9,16,18,28H2,1-2H3,(H,29,32)(H,30,31)/b15-14+. The monoisotopic (exact) mass is 447 g/mol. The zero-order valence-corrected chi connectivity index (χ0v) is 19.3. The van der Waals surface area contributed by atoms with Crippen LogP contribution >= 0.6 is 0 Å². The van der Waals surface area contributed by atoms with Crippen LogP contribution in [0.25, 0.3) is 0 Å². The van der Waals surface area contributed by atoms with Crippen molar-refractivity contribution in [1.82, 2.24) is 5.32 Å². The van der Waals surface area contributed by atoms with E-state index in [9.17, 15) is 9.59 Å². The van der Waals surface area contributed by atoms with Gasteiger partial charge in [0.25, 0.3) is 11.8 Å². The minimum atomic E-state index is -0.340. The average Bonchev–Trinajstić information content (AvgIpc) is 2.80. The van der Waals surface area contributed by atoms with Crippen molar-refractivity contribution >= 4 is 17.5 Å². The van der Waals surface area contributed by atoms with E-state index in [4.69, 9.17) is 10.5 Å². The molecule has 0 saturated carbocycles. The Balaban J connectivity index is 1.47. The first kappa shape index (κ1) is 24.3. The summed E-state index contributed by atoms with van der Waals surface area (Å²) in [4.78, 5) is 24.3. The van der Waals surface area contributed by atoms with Gasteiger partial charge in [-0.25, -0.2) is 0 Å². The molecule has 0 heterocycles. The molecule has 0 radical (unpaired) electrons. The predicted molar refractivity (Wildman–Crippen MR) is 132 cm³/mol. The van der Waals surface area contributed by atoms with E-state index in [0.717, 1.165) is 25.8 Å². The topological polar surface area (TPSA) is 93.5 Å². The van der Waals surface area contributed by atoms with Crippen LogP contribution < -0.4 is 21.1 Å². The Morgan fingerprint density at radius 1 is 1.18 bits per heavy atom. The molecule has 0 bridgehead atoms. The number of amides is 2. The number of nitrogens with two attached hydrogens (primary N) is 1. The average molecular weight is 448 g/mol. The van der Waals surface area contributed by atoms with Gasteiger partial charge in [-0.05, 0) is 87.9 Å². The molecule has 2 amide bonds. The van der Waals surface area contributed by atoms with Crippen LogP contribution in [0.4, 0.5) is 5.69 Å². The van der Waals surface area contributed by atoms with Crippen LogP contribution in [-0.2, 0) is 11.2 Å². The second-order valence-corrected chi connectivity index (χ2v) is 8.68. The van der Waals surface area contributed by atoms with Gasteiger partial charge < -0.3 is 21.1 Å². The molecule has 3 rings (SSSR count). The van der Waals surface area contributed by atoms with Gasteiger partial charge in [0, 0.05) is 23.4 Å². The second kappa shape index (κ2) is 12.0. The van der Waals surface area contributed by atoms with E-state index < -0.39 is 0 Å². The number of nitrogens with one attached hydrogen (secondary N) is 2. The van der Waals surface area contributed by atoms with E-state index in [2.05, 4.69) is 16.7 Å². The number of allylic oxidation sites excluding steroid dienone is 2. The number of benzene rings is 2. The molecule has 33 heavy (non-hydrogen) atoms. The molecule has 2 aromatic rings. The first-order valence-corrected chi connectivity index (χ1v) is 11.4. The summed E-state index contributed by atoms with van der Waals surface area (Å²) < 4.78 is 5.56. The number of hydrogen-bond donors (Lipinski definition) is 3. The molecule has 0 spiro atoms. The molecule has 6 nitrogen and oxygen atoms in total. The second-order valence-electron chi connectivity index (χ2n) is 8.68. The summed E-state index contributed by atoms with van der Waals surface area (Å²) in [6.45, 7) is 4.56. The molecule has 0 fully saturated rings. The molecular weight excluding hydrogens is 414 g/mol. The minimum Gasteiger partial charge on any atom is -0.465 e. The lowest BCUT2D eigenvalue weighted by atomic mass is 9.87. The lowest BCUT2D eigenvalue weighted by molar-refractivity contribution is -0.112. The molecule has 0 aliphatic heterocycles. The van der Waals surface area contributed by atoms with E-state index in [0.29, 0.717) is 22.9 Å². The Morgan fingerprint density at radius 2 is 1.97 bits per heavy atom. The molecule has 174 valence electrons. The smallest absolute Gasteiger partial charge is 0.251 e. The normalized spacial score (nSPS) is 15.9. The van der Waals surface area contributed by atoms with Crippen molar-refractivity contribution in [3.05, 3.63) is 83.6 Å². The van der Waals surface area contributed by atoms with Crippen LogP contribution in [0.1, 0.15) is 49.0 Å². The fraction of sp³-hybridized carbons (Fsp3) is 0.333. The fourth-order valence-corrected chi connectivity index (χ4v) is 3.71. The zero-order chi connectivity index (χ0) is 23.6. The Hall–Kier alpha value is -3.38. The van der Waals surface area contributed by atoms with Gasteiger partial charge >= 0.3 is 0 Å². The Labute approximate surface area is 195 Å². The van der Waals surface area contributed by atoms with Gasteiger partial charge in [-0.3, -0.25) is 9.59 Å². The summed E-state index contributed by atoms with van der Waals surface area (Å²) in [7, 11) is 0. The van der Waals surface area contributed by atoms with E-state index in [-0.39, 0.29) is 17.9 Å². The van der Waals surface area contributed by atoms with Gasteiger partial charge in [0.05, 0.1) is 6.26 Å². The highest BCUT2D eigenvalue weighted by Crippen LogP contribution is 2.25. The van der Waals surface area contributed by atoms with E-state index in [1.165, 1.54) is 29.9 Å². The van der Waals surface area contributed by atoms with Crippen LogP contribution in [0, 0.1) is 5.92 Å². The van der Waals surface area contributed by atoms with Crippen LogP contribution in [0.15, 0.2) is 72.5 Å². The highest BCUT2D eigenvalue weighted by Gasteiger charge is 2.13. The van der Waals surface area contributed by atoms with Crippen molar-refractivity contribution in [3.63, 3.8) is 0 Å². The summed E-state index contributed by atoms with van der Waals surface area (Å²) in [5.74, 6) is 0.772. The molecule has 6 heteroatoms. The van der Waals surface area contributed by atoms with Gasteiger partial charge in [-0.1, -0.05) is 29.8 Å². The summed E-state index contributed by atoms with van der Waals surface area (Å²) in [5.41, 5.74) is 9.50. The van der Waals surface area contributed by atoms with Gasteiger partial charge in [0.15, 0.2) is 0 Å². The van der Waals surface area contributed by atoms with Crippen LogP contribution in [-0.4, -0.2) is 24.4 Å². The van der Waals surface area contributed by atoms with Gasteiger partial charge in [0.1, 0.15) is 5.75 Å². The Morgan fingerprint density at radius 3 is 2.64 bits per heavy atom. The van der Waals surface area contributed by atoms with Crippen molar-refractivity contribution in [2.75, 3.05) is 11.9 Å². The predicted octanol–water partition coefficient (Wildman–Crippen LogP) is 4.58. The summed E-state index contributed by atoms with van der Waals surface area (Å²) in [6.07, 6.45) is 9.32. The molecule has 0 aromatic heterocycles. The maximum atomic E-state index is 12.2. The molecule has 4 N–H and O–H groups in total. The Bertz CT molecular complexity index is 1010. The highest BCUT2D eigenvalue weighted by molar-refractivity contribution is 6.01. The molecular formula is C27H33N3O3. The van der Waals surface area contributed by atoms with Crippen LogP contribution in [0.2, 0.25) is 0 Å². The molecule has 1 unspecified atom stereocenters. The Kier molecular flexibility index (Phi) is 8.84. The third kappa shape index (κ3) is 7.91. The van der Waals surface area contributed by atoms with E-state index in [1.807, 2.05) is 38.1 Å². The van der Waals surface area contributed by atoms with Crippen LogP contribution in [0.3, 0.4) is 0 Å². The van der Waals surface area contributed by atoms with E-state index in [1.54, 1.807) is 24.3 Å². The number of hydrogen-bond acceptors (Lipinski definition) is 4. The molecule has 1 aliphatic carbocycles. The fourth-order valence-electron chi connectivity index (χ4n) is 3.71. The number of anilines is 1. The van der Waals surface area contributed by atoms with Crippen molar-refractivity contribution in [1.29, 1.82) is 0 Å². The van der Waals surface area contributed by atoms with Crippen molar-refractivity contribution in [2.24, 2.45) is 11.7 Å². The van der Waals surface area contributed by atoms with Crippen molar-refractivity contribution in [3.8, 4) is 5.75 Å². The minimum absolute atomic E-state index is 0.0401. The maximum Gasteiger partial charge on any atom is 0.251 e. The third-order valence-corrected chi connectivity index (χ3v) is 5.54. The number of carbonyl (C=O) groups is 2. The molecule has 2 aromatic carbocycles. The quantitative estimate of drug-likeness (QED) is 0.298. The van der Waals surface area contributed by atoms with Crippen LogP contribution in [0.5, 0.6) is 5.75 Å². The SMILES string of the molecule is CC(C)NC(=O)c1cccc(NC(=O)/C=C/Oc2ccc(CC3=CCC(CN)CC3)cc2)c1. The third-order valence-electron chi connectivity index (χ3n) is 5.54. The number of rotatable bonds is 9. The van der Waals surface area contributed by atoms with Gasteiger partial charge in [-0.15, -0.1) is 0 Å². The van der Waals surface area contributed by atoms with Crippen molar-refractivity contribution < 1.29 is 14.3 Å². The lowest BCUT2D eigenvalue weighted by Gasteiger charge is -2.20. The lowest BCUT2D eigenvalue weighted by Crippen LogP contribution is -2.30. The van der Waals surface area contributed by atoms with Crippen molar-refractivity contribution in [2.45, 2.75) is 45.6 Å². The number of ether oxygens (including phenoxy) is 1. The number of carbonyl (C=O) groups excluding carboxylic acids is 2. The zero-order valence-electron chi connectivity index (χ0n) is 19.3. The molecule has 1 atom stereocenters. The van der Waals surface area contributed by atoms with Gasteiger partial charge in [0.2, 0.25) is 0 Å². The first-order chi connectivity index (χ1) is 15.9. The summed E-state index contributed by atoms with van der Waals surface area (Å²) in [6, 6.07) is 14.7. The van der Waals surface area contributed by atoms with Gasteiger partial charge in [-0.2, -0.15) is 0 Å². The molecule has 0 saturated heterocycles. The highest BCUT2D eigenvalue weighted by atomic mass is 16.5. The van der Waals surface area contributed by atoms with E-state index >= 15 is 0 Å². The maximum absolute atomic E-state index is 12.2. The summed E-state index contributed by atoms with van der Waals surface area (Å²) >= 11 is 0. The molecule has 1 aliphatic rings. The first-order valence-electron chi connectivity index (χ1n) is 11.4.